The van der Waals surface area contributed by atoms with Crippen LogP contribution >= 0.6 is 0 Å². The van der Waals surface area contributed by atoms with Gasteiger partial charge in [0.05, 0.1) is 37.8 Å². The minimum Gasteiger partial charge on any atom is -0.497 e. The number of carbonyl (C=O) groups is 1. The molecule has 0 fully saturated rings. The van der Waals surface area contributed by atoms with Crippen LogP contribution in [0, 0.1) is 11.3 Å². The Morgan fingerprint density at radius 2 is 2.28 bits per heavy atom. The Balaban J connectivity index is 2.16. The molecule has 128 valence electrons. The molecule has 3 rings (SSSR count). The van der Waals surface area contributed by atoms with Crippen molar-refractivity contribution in [3.63, 3.8) is 0 Å². The Kier molecular flexibility index (Phi) is 4.31. The van der Waals surface area contributed by atoms with Crippen LogP contribution in [0.5, 0.6) is 11.6 Å². The molecule has 2 heterocycles. The van der Waals surface area contributed by atoms with E-state index in [0.717, 1.165) is 5.56 Å². The smallest absolute Gasteiger partial charge is 0.311 e. The lowest BCUT2D eigenvalue weighted by Crippen LogP contribution is -2.21. The van der Waals surface area contributed by atoms with Crippen molar-refractivity contribution in [3.8, 4) is 17.7 Å². The molecule has 1 aromatic carbocycles. The quantitative estimate of drug-likeness (QED) is 0.805. The van der Waals surface area contributed by atoms with E-state index in [-0.39, 0.29) is 23.8 Å². The van der Waals surface area contributed by atoms with Crippen molar-refractivity contribution < 1.29 is 19.0 Å². The predicted molar refractivity (Wildman–Crippen MR) is 86.6 cm³/mol. The first-order chi connectivity index (χ1) is 12.1. The maximum absolute atomic E-state index is 11.7. The topological polar surface area (TPSA) is 123 Å². The number of aromatic amines is 1. The number of esters is 1. The molecule has 8 heteroatoms. The van der Waals surface area contributed by atoms with E-state index in [1.54, 1.807) is 19.2 Å². The van der Waals surface area contributed by atoms with E-state index in [4.69, 9.17) is 19.9 Å². The summed E-state index contributed by atoms with van der Waals surface area (Å²) in [6.45, 7) is 0. The second-order valence-electron chi connectivity index (χ2n) is 5.38. The second kappa shape index (κ2) is 6.57. The Bertz CT molecular complexity index is 894. The number of rotatable bonds is 4. The maximum Gasteiger partial charge on any atom is 0.311 e. The molecule has 0 saturated carbocycles. The molecule has 0 amide bonds. The molecule has 0 spiro atoms. The highest BCUT2D eigenvalue weighted by Crippen LogP contribution is 2.43. The molecule has 0 saturated heterocycles. The normalized spacial score (nSPS) is 15.8. The Labute approximate surface area is 143 Å². The van der Waals surface area contributed by atoms with Crippen molar-refractivity contribution in [3.05, 3.63) is 52.5 Å². The average molecular weight is 340 g/mol. The Hall–Kier alpha value is -3.47. The van der Waals surface area contributed by atoms with E-state index in [1.165, 1.54) is 7.11 Å². The van der Waals surface area contributed by atoms with E-state index in [0.29, 0.717) is 17.0 Å². The first kappa shape index (κ1) is 16.4. The van der Waals surface area contributed by atoms with Gasteiger partial charge in [-0.1, -0.05) is 12.1 Å². The molecule has 0 radical (unpaired) electrons. The number of methoxy groups -OCH3 is 2. The van der Waals surface area contributed by atoms with Crippen molar-refractivity contribution in [1.82, 2.24) is 10.2 Å². The summed E-state index contributed by atoms with van der Waals surface area (Å²) in [5.74, 6) is -0.0966. The van der Waals surface area contributed by atoms with Crippen LogP contribution < -0.4 is 15.2 Å². The number of nitrogens with one attached hydrogen (secondary N) is 1. The lowest BCUT2D eigenvalue weighted by Gasteiger charge is -2.24. The van der Waals surface area contributed by atoms with Gasteiger partial charge < -0.3 is 19.9 Å². The monoisotopic (exact) mass is 340 g/mol. The van der Waals surface area contributed by atoms with Crippen LogP contribution in [0.3, 0.4) is 0 Å². The number of aromatic nitrogens is 2. The summed E-state index contributed by atoms with van der Waals surface area (Å²) in [6, 6.07) is 9.36. The molecule has 3 N–H and O–H groups in total. The highest BCUT2D eigenvalue weighted by Gasteiger charge is 2.35. The first-order valence-electron chi connectivity index (χ1n) is 7.44. The summed E-state index contributed by atoms with van der Waals surface area (Å²) in [4.78, 5) is 11.7. The average Bonchev–Trinajstić information content (AvgIpc) is 3.02. The molecular weight excluding hydrogens is 324 g/mol. The van der Waals surface area contributed by atoms with Crippen LogP contribution in [0.25, 0.3) is 0 Å². The van der Waals surface area contributed by atoms with Crippen molar-refractivity contribution in [2.45, 2.75) is 12.3 Å². The van der Waals surface area contributed by atoms with Crippen molar-refractivity contribution in [1.29, 1.82) is 5.26 Å². The molecule has 0 bridgehead atoms. The second-order valence-corrected chi connectivity index (χ2v) is 5.38. The van der Waals surface area contributed by atoms with Gasteiger partial charge in [-0.3, -0.25) is 9.89 Å². The number of hydrogen-bond donors (Lipinski definition) is 2. The number of fused-ring (bicyclic) bond motifs is 1. The SMILES string of the molecule is COC(=O)Cc1[nH]nc2c1C(c1cccc(OC)c1)C(C#N)=C(N)O2. The lowest BCUT2D eigenvalue weighted by molar-refractivity contribution is -0.139. The van der Waals surface area contributed by atoms with Crippen LogP contribution in [0.15, 0.2) is 35.7 Å². The summed E-state index contributed by atoms with van der Waals surface area (Å²) in [5.41, 5.74) is 8.01. The number of nitrogens with two attached hydrogens (primary N) is 1. The fourth-order valence-electron chi connectivity index (χ4n) is 2.81. The fourth-order valence-corrected chi connectivity index (χ4v) is 2.81. The molecule has 2 aromatic rings. The Morgan fingerprint density at radius 3 is 2.96 bits per heavy atom. The predicted octanol–water partition coefficient (Wildman–Crippen LogP) is 1.35. The standard InChI is InChI=1S/C17H16N4O4/c1-23-10-5-3-4-9(6-10)14-11(8-18)16(19)25-17-15(14)12(20-21-17)7-13(22)24-2/h3-6,14H,7,19H2,1-2H3,(H,20,21). The van der Waals surface area contributed by atoms with Crippen LogP contribution in [0.2, 0.25) is 0 Å². The fraction of sp³-hybridized carbons (Fsp3) is 0.235. The van der Waals surface area contributed by atoms with Crippen LogP contribution in [-0.4, -0.2) is 30.4 Å². The van der Waals surface area contributed by atoms with Crippen LogP contribution in [-0.2, 0) is 16.0 Å². The molecule has 1 aromatic heterocycles. The number of carbonyl (C=O) groups excluding carboxylic acids is 1. The number of hydrogen-bond acceptors (Lipinski definition) is 7. The van der Waals surface area contributed by atoms with Crippen LogP contribution in [0.4, 0.5) is 0 Å². The number of nitriles is 1. The van der Waals surface area contributed by atoms with E-state index >= 15 is 0 Å². The lowest BCUT2D eigenvalue weighted by atomic mass is 9.83. The van der Waals surface area contributed by atoms with Gasteiger partial charge in [-0.15, -0.1) is 5.10 Å². The molecule has 0 aliphatic carbocycles. The van der Waals surface area contributed by atoms with Gasteiger partial charge in [0.1, 0.15) is 17.4 Å². The zero-order chi connectivity index (χ0) is 18.0. The third-order valence-corrected chi connectivity index (χ3v) is 3.99. The molecule has 1 aliphatic heterocycles. The summed E-state index contributed by atoms with van der Waals surface area (Å²) >= 11 is 0. The number of ether oxygens (including phenoxy) is 3. The minimum absolute atomic E-state index is 0.0149. The minimum atomic E-state index is -0.526. The number of H-pyrrole nitrogens is 1. The van der Waals surface area contributed by atoms with Gasteiger partial charge >= 0.3 is 5.97 Å². The van der Waals surface area contributed by atoms with Crippen molar-refractivity contribution in [2.75, 3.05) is 14.2 Å². The highest BCUT2D eigenvalue weighted by molar-refractivity contribution is 5.73. The van der Waals surface area contributed by atoms with Gasteiger partial charge in [-0.05, 0) is 17.7 Å². The third-order valence-electron chi connectivity index (χ3n) is 3.99. The van der Waals surface area contributed by atoms with Crippen molar-refractivity contribution in [2.24, 2.45) is 5.73 Å². The van der Waals surface area contributed by atoms with Gasteiger partial charge in [-0.2, -0.15) is 5.26 Å². The van der Waals surface area contributed by atoms with E-state index < -0.39 is 11.9 Å². The first-order valence-corrected chi connectivity index (χ1v) is 7.44. The molecule has 8 nitrogen and oxygen atoms in total. The highest BCUT2D eigenvalue weighted by atomic mass is 16.5. The van der Waals surface area contributed by atoms with Crippen LogP contribution in [0.1, 0.15) is 22.7 Å². The summed E-state index contributed by atoms with van der Waals surface area (Å²) in [6.07, 6.45) is -0.0265. The van der Waals surface area contributed by atoms with Gasteiger partial charge in [0.25, 0.3) is 0 Å². The maximum atomic E-state index is 11.7. The van der Waals surface area contributed by atoms with Gasteiger partial charge in [0, 0.05) is 0 Å². The van der Waals surface area contributed by atoms with E-state index in [2.05, 4.69) is 16.3 Å². The molecular formula is C17H16N4O4. The largest absolute Gasteiger partial charge is 0.497 e. The molecule has 1 aliphatic rings. The van der Waals surface area contributed by atoms with Gasteiger partial charge in [0.2, 0.25) is 11.8 Å². The molecule has 25 heavy (non-hydrogen) atoms. The van der Waals surface area contributed by atoms with Gasteiger partial charge in [0.15, 0.2) is 0 Å². The summed E-state index contributed by atoms with van der Waals surface area (Å²) in [5, 5.41) is 16.4. The van der Waals surface area contributed by atoms with Crippen molar-refractivity contribution >= 4 is 5.97 Å². The zero-order valence-electron chi connectivity index (χ0n) is 13.7. The number of allylic oxidation sites excluding steroid dienone is 1. The summed E-state index contributed by atoms with van der Waals surface area (Å²) in [7, 11) is 2.87. The third kappa shape index (κ3) is 2.87. The van der Waals surface area contributed by atoms with E-state index in [9.17, 15) is 10.1 Å². The summed E-state index contributed by atoms with van der Waals surface area (Å²) < 4.78 is 15.4. The van der Waals surface area contributed by atoms with Gasteiger partial charge in [-0.25, -0.2) is 0 Å². The number of nitrogens with zero attached hydrogens (tertiary/aromatic N) is 2. The van der Waals surface area contributed by atoms with E-state index in [1.807, 2.05) is 12.1 Å². The molecule has 1 atom stereocenters. The zero-order valence-corrected chi connectivity index (χ0v) is 13.7. The number of benzene rings is 1. The molecule has 1 unspecified atom stereocenters. The Morgan fingerprint density at radius 1 is 1.48 bits per heavy atom.